The summed E-state index contributed by atoms with van der Waals surface area (Å²) in [6.45, 7) is 0.633. The molecule has 2 N–H and O–H groups in total. The van der Waals surface area contributed by atoms with E-state index >= 15 is 0 Å². The van der Waals surface area contributed by atoms with Crippen molar-refractivity contribution in [2.75, 3.05) is 31.4 Å². The Labute approximate surface area is 114 Å². The smallest absolute Gasteiger partial charge is 0.151 e. The third-order valence-corrected chi connectivity index (χ3v) is 5.31. The van der Waals surface area contributed by atoms with Crippen LogP contribution >= 0.6 is 0 Å². The van der Waals surface area contributed by atoms with Crippen molar-refractivity contribution in [3.8, 4) is 5.75 Å². The van der Waals surface area contributed by atoms with Gasteiger partial charge in [0.2, 0.25) is 0 Å². The van der Waals surface area contributed by atoms with E-state index in [-0.39, 0.29) is 17.5 Å². The number of benzene rings is 1. The van der Waals surface area contributed by atoms with Crippen molar-refractivity contribution >= 4 is 15.5 Å². The molecular formula is C13H20N2O3S. The second kappa shape index (κ2) is 5.38. The van der Waals surface area contributed by atoms with Gasteiger partial charge in [0.25, 0.3) is 0 Å². The van der Waals surface area contributed by atoms with Crippen molar-refractivity contribution in [2.45, 2.75) is 19.0 Å². The topological polar surface area (TPSA) is 72.6 Å². The number of hydrogen-bond acceptors (Lipinski definition) is 5. The Hall–Kier alpha value is -1.27. The minimum Gasteiger partial charge on any atom is -0.496 e. The number of nitrogens with zero attached hydrogens (tertiary/aromatic N) is 1. The van der Waals surface area contributed by atoms with Gasteiger partial charge in [0.15, 0.2) is 9.84 Å². The standard InChI is InChI=1S/C13H20N2O3S/c1-15(12-5-6-19(16,17)9-12)8-10-7-11(14)3-4-13(10)18-2/h3-4,7,12H,5-6,8-9,14H2,1-2H3. The van der Waals surface area contributed by atoms with Gasteiger partial charge in [0, 0.05) is 23.8 Å². The number of rotatable bonds is 4. The summed E-state index contributed by atoms with van der Waals surface area (Å²) in [6.07, 6.45) is 0.698. The van der Waals surface area contributed by atoms with Crippen molar-refractivity contribution in [1.82, 2.24) is 4.90 Å². The van der Waals surface area contributed by atoms with E-state index in [9.17, 15) is 8.42 Å². The molecule has 1 atom stereocenters. The third kappa shape index (κ3) is 3.39. The van der Waals surface area contributed by atoms with Crippen LogP contribution in [0.4, 0.5) is 5.69 Å². The van der Waals surface area contributed by atoms with Crippen LogP contribution in [0, 0.1) is 0 Å². The van der Waals surface area contributed by atoms with E-state index in [2.05, 4.69) is 4.90 Å². The summed E-state index contributed by atoms with van der Waals surface area (Å²) >= 11 is 0. The van der Waals surface area contributed by atoms with Crippen LogP contribution in [-0.2, 0) is 16.4 Å². The molecule has 1 aliphatic rings. The molecule has 5 nitrogen and oxygen atoms in total. The van der Waals surface area contributed by atoms with Gasteiger partial charge in [0.05, 0.1) is 18.6 Å². The average Bonchev–Trinajstić information content (AvgIpc) is 2.70. The first kappa shape index (κ1) is 14.1. The number of ether oxygens (including phenoxy) is 1. The van der Waals surface area contributed by atoms with Crippen LogP contribution in [0.1, 0.15) is 12.0 Å². The summed E-state index contributed by atoms with van der Waals surface area (Å²) in [5, 5.41) is 0. The molecule has 0 spiro atoms. The van der Waals surface area contributed by atoms with Gasteiger partial charge in [-0.15, -0.1) is 0 Å². The Kier molecular flexibility index (Phi) is 4.01. The van der Waals surface area contributed by atoms with Gasteiger partial charge in [-0.25, -0.2) is 8.42 Å². The Morgan fingerprint density at radius 1 is 1.47 bits per heavy atom. The summed E-state index contributed by atoms with van der Waals surface area (Å²) in [5.41, 5.74) is 7.45. The highest BCUT2D eigenvalue weighted by molar-refractivity contribution is 7.91. The first-order chi connectivity index (χ1) is 8.91. The van der Waals surface area contributed by atoms with Crippen molar-refractivity contribution < 1.29 is 13.2 Å². The van der Waals surface area contributed by atoms with Gasteiger partial charge in [0.1, 0.15) is 5.75 Å². The molecule has 1 unspecified atom stereocenters. The monoisotopic (exact) mass is 284 g/mol. The second-order valence-corrected chi connectivity index (χ2v) is 7.27. The molecule has 1 aromatic rings. The fourth-order valence-corrected chi connectivity index (χ4v) is 4.25. The summed E-state index contributed by atoms with van der Waals surface area (Å²) < 4.78 is 28.3. The molecular weight excluding hydrogens is 264 g/mol. The normalized spacial score (nSPS) is 21.7. The lowest BCUT2D eigenvalue weighted by atomic mass is 10.1. The Morgan fingerprint density at radius 2 is 2.21 bits per heavy atom. The molecule has 1 aromatic carbocycles. The fourth-order valence-electron chi connectivity index (χ4n) is 2.44. The summed E-state index contributed by atoms with van der Waals surface area (Å²) in [6, 6.07) is 5.58. The van der Waals surface area contributed by atoms with Gasteiger partial charge in [-0.2, -0.15) is 0 Å². The van der Waals surface area contributed by atoms with Crippen LogP contribution in [0.2, 0.25) is 0 Å². The summed E-state index contributed by atoms with van der Waals surface area (Å²) in [4.78, 5) is 2.06. The molecule has 106 valence electrons. The van der Waals surface area contributed by atoms with E-state index in [4.69, 9.17) is 10.5 Å². The third-order valence-electron chi connectivity index (χ3n) is 3.56. The number of anilines is 1. The molecule has 0 aromatic heterocycles. The minimum atomic E-state index is -2.85. The molecule has 0 amide bonds. The Bertz CT molecular complexity index is 557. The molecule has 2 rings (SSSR count). The van der Waals surface area contributed by atoms with Crippen LogP contribution in [0.25, 0.3) is 0 Å². The molecule has 6 heteroatoms. The van der Waals surface area contributed by atoms with Crippen LogP contribution < -0.4 is 10.5 Å². The van der Waals surface area contributed by atoms with Crippen molar-refractivity contribution in [2.24, 2.45) is 0 Å². The van der Waals surface area contributed by atoms with Crippen molar-refractivity contribution in [3.05, 3.63) is 23.8 Å². The van der Waals surface area contributed by atoms with Crippen LogP contribution in [-0.4, -0.2) is 45.0 Å². The molecule has 1 fully saturated rings. The number of nitrogen functional groups attached to an aromatic ring is 1. The Morgan fingerprint density at radius 3 is 2.79 bits per heavy atom. The summed E-state index contributed by atoms with van der Waals surface area (Å²) in [7, 11) is 0.704. The molecule has 1 aliphatic heterocycles. The zero-order valence-corrected chi connectivity index (χ0v) is 12.1. The van der Waals surface area contributed by atoms with Crippen molar-refractivity contribution in [1.29, 1.82) is 0 Å². The molecule has 0 saturated carbocycles. The average molecular weight is 284 g/mol. The fraction of sp³-hybridized carbons (Fsp3) is 0.538. The maximum Gasteiger partial charge on any atom is 0.151 e. The van der Waals surface area contributed by atoms with Gasteiger partial charge in [-0.05, 0) is 31.7 Å². The predicted molar refractivity (Wildman–Crippen MR) is 75.9 cm³/mol. The lowest BCUT2D eigenvalue weighted by molar-refractivity contribution is 0.250. The van der Waals surface area contributed by atoms with Gasteiger partial charge < -0.3 is 10.5 Å². The van der Waals surface area contributed by atoms with E-state index in [1.807, 2.05) is 19.2 Å². The van der Waals surface area contributed by atoms with E-state index in [1.54, 1.807) is 13.2 Å². The van der Waals surface area contributed by atoms with Crippen LogP contribution in [0.3, 0.4) is 0 Å². The maximum absolute atomic E-state index is 11.5. The van der Waals surface area contributed by atoms with Gasteiger partial charge >= 0.3 is 0 Å². The summed E-state index contributed by atoms with van der Waals surface area (Å²) in [5.74, 6) is 1.31. The largest absolute Gasteiger partial charge is 0.496 e. The maximum atomic E-state index is 11.5. The van der Waals surface area contributed by atoms with Crippen LogP contribution in [0.15, 0.2) is 18.2 Å². The molecule has 0 bridgehead atoms. The van der Waals surface area contributed by atoms with Gasteiger partial charge in [-0.1, -0.05) is 0 Å². The highest BCUT2D eigenvalue weighted by atomic mass is 32.2. The van der Waals surface area contributed by atoms with E-state index < -0.39 is 9.84 Å². The Balaban J connectivity index is 2.11. The number of sulfone groups is 1. The number of nitrogens with two attached hydrogens (primary N) is 1. The quantitative estimate of drug-likeness (QED) is 0.832. The van der Waals surface area contributed by atoms with Gasteiger partial charge in [-0.3, -0.25) is 4.90 Å². The number of hydrogen-bond donors (Lipinski definition) is 1. The lowest BCUT2D eigenvalue weighted by Gasteiger charge is -2.24. The molecule has 0 radical (unpaired) electrons. The van der Waals surface area contributed by atoms with E-state index in [0.717, 1.165) is 11.3 Å². The number of methoxy groups -OCH3 is 1. The molecule has 1 heterocycles. The molecule has 1 saturated heterocycles. The first-order valence-electron chi connectivity index (χ1n) is 6.24. The SMILES string of the molecule is COc1ccc(N)cc1CN(C)C1CCS(=O)(=O)C1. The molecule has 19 heavy (non-hydrogen) atoms. The van der Waals surface area contributed by atoms with Crippen molar-refractivity contribution in [3.63, 3.8) is 0 Å². The minimum absolute atomic E-state index is 0.0798. The zero-order chi connectivity index (χ0) is 14.0. The lowest BCUT2D eigenvalue weighted by Crippen LogP contribution is -2.32. The zero-order valence-electron chi connectivity index (χ0n) is 11.3. The van der Waals surface area contributed by atoms with E-state index in [1.165, 1.54) is 0 Å². The highest BCUT2D eigenvalue weighted by Crippen LogP contribution is 2.25. The van der Waals surface area contributed by atoms with E-state index in [0.29, 0.717) is 18.7 Å². The predicted octanol–water partition coefficient (Wildman–Crippen LogP) is 0.896. The second-order valence-electron chi connectivity index (χ2n) is 5.04. The highest BCUT2D eigenvalue weighted by Gasteiger charge is 2.30. The first-order valence-corrected chi connectivity index (χ1v) is 8.06. The van der Waals surface area contributed by atoms with Crippen LogP contribution in [0.5, 0.6) is 5.75 Å². The molecule has 0 aliphatic carbocycles.